The van der Waals surface area contributed by atoms with Crippen molar-refractivity contribution < 1.29 is 33.3 Å². The molecule has 0 amide bonds. The molecule has 0 saturated heterocycles. The molecule has 0 radical (unpaired) electrons. The molecule has 28 heavy (non-hydrogen) atoms. The molecule has 0 aliphatic carbocycles. The maximum atomic E-state index is 10.6. The van der Waals surface area contributed by atoms with E-state index in [1.807, 2.05) is 0 Å². The van der Waals surface area contributed by atoms with Crippen molar-refractivity contribution in [2.24, 2.45) is 11.8 Å². The van der Waals surface area contributed by atoms with Gasteiger partial charge in [0.1, 0.15) is 0 Å². The molecule has 0 bridgehead atoms. The number of halogens is 3. The molecular weight excluding hydrogens is 375 g/mol. The van der Waals surface area contributed by atoms with E-state index in [-0.39, 0.29) is 12.6 Å². The topological polar surface area (TPSA) is 89.8 Å². The first kappa shape index (κ1) is 26.4. The molecule has 8 heteroatoms. The van der Waals surface area contributed by atoms with E-state index >= 15 is 0 Å². The van der Waals surface area contributed by atoms with Gasteiger partial charge in [-0.05, 0) is 36.3 Å². The SMILES string of the molecule is CC(C)Cc1ccc(C(NC[C@](C)(O)CO)C(C)C)cc1.O=C(O)C(F)(F)F. The second-order valence-electron chi connectivity index (χ2n) is 7.90. The van der Waals surface area contributed by atoms with Gasteiger partial charge in [0.05, 0.1) is 12.2 Å². The van der Waals surface area contributed by atoms with Crippen molar-refractivity contribution in [3.63, 3.8) is 0 Å². The van der Waals surface area contributed by atoms with Crippen molar-refractivity contribution in [2.75, 3.05) is 13.2 Å². The maximum absolute atomic E-state index is 10.6. The van der Waals surface area contributed by atoms with E-state index in [4.69, 9.17) is 15.0 Å². The number of carboxylic acid groups (broad SMARTS) is 1. The van der Waals surface area contributed by atoms with E-state index in [1.54, 1.807) is 6.92 Å². The minimum absolute atomic E-state index is 0.177. The van der Waals surface area contributed by atoms with Gasteiger partial charge in [-0.25, -0.2) is 4.79 Å². The van der Waals surface area contributed by atoms with Crippen LogP contribution in [0.3, 0.4) is 0 Å². The highest BCUT2D eigenvalue weighted by atomic mass is 19.4. The summed E-state index contributed by atoms with van der Waals surface area (Å²) in [5.41, 5.74) is 1.51. The van der Waals surface area contributed by atoms with E-state index in [0.717, 1.165) is 6.42 Å². The highest BCUT2D eigenvalue weighted by Crippen LogP contribution is 2.23. The lowest BCUT2D eigenvalue weighted by atomic mass is 9.93. The first-order valence-corrected chi connectivity index (χ1v) is 9.15. The number of aliphatic hydroxyl groups excluding tert-OH is 1. The van der Waals surface area contributed by atoms with Gasteiger partial charge >= 0.3 is 12.1 Å². The largest absolute Gasteiger partial charge is 0.490 e. The zero-order valence-electron chi connectivity index (χ0n) is 17.0. The number of hydrogen-bond donors (Lipinski definition) is 4. The first-order chi connectivity index (χ1) is 12.7. The molecule has 0 fully saturated rings. The predicted molar refractivity (Wildman–Crippen MR) is 102 cm³/mol. The molecule has 1 rings (SSSR count). The molecule has 0 aliphatic heterocycles. The number of carboxylic acids is 1. The molecule has 162 valence electrons. The summed E-state index contributed by atoms with van der Waals surface area (Å²) in [6.45, 7) is 10.6. The van der Waals surface area contributed by atoms with E-state index < -0.39 is 17.7 Å². The third kappa shape index (κ3) is 10.6. The highest BCUT2D eigenvalue weighted by Gasteiger charge is 2.38. The summed E-state index contributed by atoms with van der Waals surface area (Å²) in [4.78, 5) is 8.90. The second-order valence-corrected chi connectivity index (χ2v) is 7.90. The van der Waals surface area contributed by atoms with Crippen LogP contribution in [0.15, 0.2) is 24.3 Å². The van der Waals surface area contributed by atoms with Gasteiger partial charge in [0.15, 0.2) is 0 Å². The summed E-state index contributed by atoms with van der Waals surface area (Å²) in [7, 11) is 0. The molecule has 5 nitrogen and oxygen atoms in total. The van der Waals surface area contributed by atoms with Gasteiger partial charge < -0.3 is 20.6 Å². The standard InChI is InChI=1S/C18H31NO2.C2HF3O2/c1-13(2)10-15-6-8-16(9-7-15)17(14(3)4)19-11-18(5,21)12-20;3-2(4,5)1(6)7/h6-9,13-14,17,19-21H,10-12H2,1-5H3;(H,6,7)/t17?,18-;/m0./s1. The van der Waals surface area contributed by atoms with Gasteiger partial charge in [0, 0.05) is 12.6 Å². The van der Waals surface area contributed by atoms with Crippen LogP contribution in [0.1, 0.15) is 51.8 Å². The smallest absolute Gasteiger partial charge is 0.475 e. The Labute approximate surface area is 164 Å². The Kier molecular flexibility index (Phi) is 10.7. The van der Waals surface area contributed by atoms with Gasteiger partial charge in [-0.1, -0.05) is 52.0 Å². The number of benzene rings is 1. The van der Waals surface area contributed by atoms with Crippen molar-refractivity contribution in [3.8, 4) is 0 Å². The molecule has 0 spiro atoms. The van der Waals surface area contributed by atoms with Crippen LogP contribution in [0.2, 0.25) is 0 Å². The van der Waals surface area contributed by atoms with E-state index in [9.17, 15) is 18.3 Å². The summed E-state index contributed by atoms with van der Waals surface area (Å²) in [6, 6.07) is 8.90. The zero-order chi connectivity index (χ0) is 22.1. The molecule has 0 aliphatic rings. The number of aliphatic carboxylic acids is 1. The van der Waals surface area contributed by atoms with Crippen LogP contribution in [-0.2, 0) is 11.2 Å². The van der Waals surface area contributed by atoms with Crippen LogP contribution in [0.25, 0.3) is 0 Å². The predicted octanol–water partition coefficient (Wildman–Crippen LogP) is 3.55. The van der Waals surface area contributed by atoms with E-state index in [0.29, 0.717) is 18.4 Å². The third-order valence-electron chi connectivity index (χ3n) is 3.94. The summed E-state index contributed by atoms with van der Waals surface area (Å²) in [6.07, 6.45) is -3.99. The Morgan fingerprint density at radius 3 is 1.89 bits per heavy atom. The molecule has 1 aromatic carbocycles. The van der Waals surface area contributed by atoms with Crippen LogP contribution < -0.4 is 5.32 Å². The van der Waals surface area contributed by atoms with Crippen molar-refractivity contribution in [1.82, 2.24) is 5.32 Å². The number of hydrogen-bond acceptors (Lipinski definition) is 4. The summed E-state index contributed by atoms with van der Waals surface area (Å²) in [5.74, 6) is -1.68. The average Bonchev–Trinajstić information content (AvgIpc) is 2.55. The van der Waals surface area contributed by atoms with Crippen LogP contribution in [0, 0.1) is 11.8 Å². The van der Waals surface area contributed by atoms with Crippen molar-refractivity contribution >= 4 is 5.97 Å². The van der Waals surface area contributed by atoms with Gasteiger partial charge in [-0.3, -0.25) is 0 Å². The van der Waals surface area contributed by atoms with Gasteiger partial charge in [-0.15, -0.1) is 0 Å². The Bertz CT molecular complexity index is 584. The van der Waals surface area contributed by atoms with E-state index in [1.165, 1.54) is 11.1 Å². The quantitative estimate of drug-likeness (QED) is 0.529. The molecule has 4 N–H and O–H groups in total. The summed E-state index contributed by atoms with van der Waals surface area (Å²) < 4.78 is 31.7. The van der Waals surface area contributed by atoms with Crippen LogP contribution in [0.4, 0.5) is 13.2 Å². The van der Waals surface area contributed by atoms with Gasteiger partial charge in [0.25, 0.3) is 0 Å². The number of carbonyl (C=O) groups is 1. The van der Waals surface area contributed by atoms with Crippen molar-refractivity contribution in [3.05, 3.63) is 35.4 Å². The Hall–Kier alpha value is -1.64. The zero-order valence-corrected chi connectivity index (χ0v) is 17.0. The fourth-order valence-electron chi connectivity index (χ4n) is 2.46. The van der Waals surface area contributed by atoms with Crippen molar-refractivity contribution in [1.29, 1.82) is 0 Å². The fraction of sp³-hybridized carbons (Fsp3) is 0.650. The Morgan fingerprint density at radius 1 is 1.11 bits per heavy atom. The number of aliphatic hydroxyl groups is 2. The summed E-state index contributed by atoms with van der Waals surface area (Å²) in [5, 5.41) is 29.6. The molecule has 0 saturated carbocycles. The molecule has 0 aromatic heterocycles. The van der Waals surface area contributed by atoms with E-state index in [2.05, 4.69) is 57.3 Å². The Balaban J connectivity index is 0.000000887. The van der Waals surface area contributed by atoms with Gasteiger partial charge in [0.2, 0.25) is 0 Å². The lowest BCUT2D eigenvalue weighted by Crippen LogP contribution is -2.43. The summed E-state index contributed by atoms with van der Waals surface area (Å²) >= 11 is 0. The monoisotopic (exact) mass is 407 g/mol. The first-order valence-electron chi connectivity index (χ1n) is 9.15. The van der Waals surface area contributed by atoms with Crippen LogP contribution in [-0.4, -0.2) is 46.2 Å². The lowest BCUT2D eigenvalue weighted by molar-refractivity contribution is -0.192. The van der Waals surface area contributed by atoms with Crippen LogP contribution in [0.5, 0.6) is 0 Å². The normalized spacial score (nSPS) is 15.0. The minimum Gasteiger partial charge on any atom is -0.475 e. The highest BCUT2D eigenvalue weighted by molar-refractivity contribution is 5.73. The number of rotatable bonds is 8. The molecule has 0 heterocycles. The lowest BCUT2D eigenvalue weighted by Gasteiger charge is -2.28. The fourth-order valence-corrected chi connectivity index (χ4v) is 2.46. The van der Waals surface area contributed by atoms with Crippen LogP contribution >= 0.6 is 0 Å². The number of nitrogens with one attached hydrogen (secondary N) is 1. The minimum atomic E-state index is -5.08. The average molecular weight is 407 g/mol. The number of alkyl halides is 3. The third-order valence-corrected chi connectivity index (χ3v) is 3.94. The molecule has 1 aromatic rings. The Morgan fingerprint density at radius 2 is 1.57 bits per heavy atom. The molecular formula is C20H32F3NO4. The molecule has 1 unspecified atom stereocenters. The molecule has 2 atom stereocenters. The van der Waals surface area contributed by atoms with Crippen molar-refractivity contribution in [2.45, 2.75) is 58.9 Å². The second kappa shape index (κ2) is 11.4. The maximum Gasteiger partial charge on any atom is 0.490 e. The van der Waals surface area contributed by atoms with Gasteiger partial charge in [-0.2, -0.15) is 13.2 Å².